The number of nitrogens with one attached hydrogen (secondary N) is 1. The quantitative estimate of drug-likeness (QED) is 0.656. The fourth-order valence-corrected chi connectivity index (χ4v) is 3.46. The van der Waals surface area contributed by atoms with Crippen molar-refractivity contribution in [3.63, 3.8) is 0 Å². The maximum Gasteiger partial charge on any atom is 0.134 e. The summed E-state index contributed by atoms with van der Waals surface area (Å²) in [6.07, 6.45) is 0. The highest BCUT2D eigenvalue weighted by Gasteiger charge is 2.15. The first kappa shape index (κ1) is 13.9. The maximum absolute atomic E-state index is 5.92. The molecule has 3 aromatic rings. The highest BCUT2D eigenvalue weighted by molar-refractivity contribution is 9.10. The Balaban J connectivity index is 1.80. The molecule has 3 rings (SSSR count). The Morgan fingerprint density at radius 3 is 2.75 bits per heavy atom. The molecule has 0 radical (unpaired) electrons. The van der Waals surface area contributed by atoms with Crippen LogP contribution >= 0.6 is 27.3 Å². The molecule has 0 saturated carbocycles. The van der Waals surface area contributed by atoms with Crippen LogP contribution in [0.3, 0.4) is 0 Å². The Morgan fingerprint density at radius 1 is 1.15 bits per heavy atom. The van der Waals surface area contributed by atoms with Gasteiger partial charge < -0.3 is 9.73 Å². The second-order valence-corrected chi connectivity index (χ2v) is 6.69. The van der Waals surface area contributed by atoms with Gasteiger partial charge in [0.2, 0.25) is 0 Å². The van der Waals surface area contributed by atoms with Crippen molar-refractivity contribution in [2.75, 3.05) is 0 Å². The van der Waals surface area contributed by atoms with Gasteiger partial charge in [-0.2, -0.15) is 11.3 Å². The van der Waals surface area contributed by atoms with Crippen LogP contribution in [-0.2, 0) is 0 Å². The topological polar surface area (TPSA) is 25.2 Å². The number of thiophene rings is 1. The van der Waals surface area contributed by atoms with Gasteiger partial charge >= 0.3 is 0 Å². The molecule has 20 heavy (non-hydrogen) atoms. The molecule has 2 atom stereocenters. The van der Waals surface area contributed by atoms with E-state index in [1.54, 1.807) is 11.3 Å². The number of benzene rings is 1. The normalized spacial score (nSPS) is 14.6. The SMILES string of the molecule is CC(NC(C)c1cc2cc(Br)ccc2o1)c1ccsc1. The Labute approximate surface area is 130 Å². The molecule has 2 unspecified atom stereocenters. The van der Waals surface area contributed by atoms with Crippen LogP contribution < -0.4 is 5.32 Å². The van der Waals surface area contributed by atoms with Crippen LogP contribution in [0.1, 0.15) is 37.3 Å². The van der Waals surface area contributed by atoms with Gasteiger partial charge in [0.05, 0.1) is 6.04 Å². The molecule has 0 aliphatic rings. The fraction of sp³-hybridized carbons (Fsp3) is 0.250. The molecule has 0 fully saturated rings. The second-order valence-electron chi connectivity index (χ2n) is 5.00. The molecular weight excluding hydrogens is 334 g/mol. The zero-order chi connectivity index (χ0) is 14.1. The zero-order valence-corrected chi connectivity index (χ0v) is 13.8. The molecular formula is C16H16BrNOS. The third kappa shape index (κ3) is 2.82. The Bertz CT molecular complexity index is 704. The van der Waals surface area contributed by atoms with Crippen LogP contribution in [0.25, 0.3) is 11.0 Å². The van der Waals surface area contributed by atoms with E-state index < -0.39 is 0 Å². The van der Waals surface area contributed by atoms with Crippen molar-refractivity contribution in [2.45, 2.75) is 25.9 Å². The third-order valence-electron chi connectivity index (χ3n) is 3.47. The third-order valence-corrected chi connectivity index (χ3v) is 4.66. The van der Waals surface area contributed by atoms with E-state index in [4.69, 9.17) is 4.42 Å². The first-order valence-electron chi connectivity index (χ1n) is 6.60. The van der Waals surface area contributed by atoms with Crippen LogP contribution in [0.2, 0.25) is 0 Å². The average Bonchev–Trinajstić information content (AvgIpc) is 3.07. The predicted molar refractivity (Wildman–Crippen MR) is 88.2 cm³/mol. The van der Waals surface area contributed by atoms with Crippen molar-refractivity contribution < 1.29 is 4.42 Å². The summed E-state index contributed by atoms with van der Waals surface area (Å²) in [4.78, 5) is 0. The molecule has 1 N–H and O–H groups in total. The number of fused-ring (bicyclic) bond motifs is 1. The lowest BCUT2D eigenvalue weighted by Crippen LogP contribution is -2.21. The first-order chi connectivity index (χ1) is 9.63. The second kappa shape index (κ2) is 5.72. The van der Waals surface area contributed by atoms with E-state index in [1.807, 2.05) is 12.1 Å². The van der Waals surface area contributed by atoms with Crippen molar-refractivity contribution in [3.8, 4) is 0 Å². The number of hydrogen-bond acceptors (Lipinski definition) is 3. The molecule has 0 bridgehead atoms. The van der Waals surface area contributed by atoms with Crippen LogP contribution in [-0.4, -0.2) is 0 Å². The summed E-state index contributed by atoms with van der Waals surface area (Å²) in [5, 5.41) is 8.99. The van der Waals surface area contributed by atoms with E-state index in [-0.39, 0.29) is 6.04 Å². The van der Waals surface area contributed by atoms with E-state index in [9.17, 15) is 0 Å². The summed E-state index contributed by atoms with van der Waals surface area (Å²) < 4.78 is 7.00. The van der Waals surface area contributed by atoms with E-state index >= 15 is 0 Å². The van der Waals surface area contributed by atoms with Crippen LogP contribution in [0.5, 0.6) is 0 Å². The average molecular weight is 350 g/mol. The Kier molecular flexibility index (Phi) is 3.96. The monoisotopic (exact) mass is 349 g/mol. The lowest BCUT2D eigenvalue weighted by Gasteiger charge is -2.17. The lowest BCUT2D eigenvalue weighted by molar-refractivity contribution is 0.418. The van der Waals surface area contributed by atoms with E-state index in [0.717, 1.165) is 21.2 Å². The molecule has 0 saturated heterocycles. The molecule has 104 valence electrons. The van der Waals surface area contributed by atoms with Crippen molar-refractivity contribution in [2.24, 2.45) is 0 Å². The summed E-state index contributed by atoms with van der Waals surface area (Å²) in [5.41, 5.74) is 2.25. The molecule has 1 aromatic carbocycles. The predicted octanol–water partition coefficient (Wildman–Crippen LogP) is 5.67. The molecule has 0 aliphatic carbocycles. The number of hydrogen-bond donors (Lipinski definition) is 1. The van der Waals surface area contributed by atoms with Crippen molar-refractivity contribution >= 4 is 38.2 Å². The fourth-order valence-electron chi connectivity index (χ4n) is 2.32. The highest BCUT2D eigenvalue weighted by atomic mass is 79.9. The van der Waals surface area contributed by atoms with Crippen molar-refractivity contribution in [3.05, 3.63) is 56.9 Å². The van der Waals surface area contributed by atoms with Gasteiger partial charge in [0.1, 0.15) is 11.3 Å². The van der Waals surface area contributed by atoms with Gasteiger partial charge in [0, 0.05) is 15.9 Å². The van der Waals surface area contributed by atoms with E-state index in [2.05, 4.69) is 64.1 Å². The number of rotatable bonds is 4. The summed E-state index contributed by atoms with van der Waals surface area (Å²) in [7, 11) is 0. The standard InChI is InChI=1S/C16H16BrNOS/c1-10(12-5-6-20-9-12)18-11(2)16-8-13-7-14(17)3-4-15(13)19-16/h3-11,18H,1-2H3. The summed E-state index contributed by atoms with van der Waals surface area (Å²) in [5.74, 6) is 0.972. The van der Waals surface area contributed by atoms with Crippen LogP contribution in [0.15, 0.2) is 50.0 Å². The first-order valence-corrected chi connectivity index (χ1v) is 8.34. The highest BCUT2D eigenvalue weighted by Crippen LogP contribution is 2.28. The van der Waals surface area contributed by atoms with Gasteiger partial charge in [-0.3, -0.25) is 0 Å². The molecule has 0 amide bonds. The van der Waals surface area contributed by atoms with Crippen LogP contribution in [0, 0.1) is 0 Å². The molecule has 2 nitrogen and oxygen atoms in total. The molecule has 0 aliphatic heterocycles. The number of halogens is 1. The van der Waals surface area contributed by atoms with E-state index in [0.29, 0.717) is 6.04 Å². The minimum atomic E-state index is 0.177. The van der Waals surface area contributed by atoms with Gasteiger partial charge in [-0.05, 0) is 60.5 Å². The van der Waals surface area contributed by atoms with Gasteiger partial charge in [0.25, 0.3) is 0 Å². The minimum Gasteiger partial charge on any atom is -0.459 e. The van der Waals surface area contributed by atoms with Crippen molar-refractivity contribution in [1.82, 2.24) is 5.32 Å². The van der Waals surface area contributed by atoms with Gasteiger partial charge in [-0.25, -0.2) is 0 Å². The van der Waals surface area contributed by atoms with Gasteiger partial charge in [0.15, 0.2) is 0 Å². The lowest BCUT2D eigenvalue weighted by atomic mass is 10.1. The van der Waals surface area contributed by atoms with Crippen molar-refractivity contribution in [1.29, 1.82) is 0 Å². The van der Waals surface area contributed by atoms with Gasteiger partial charge in [-0.1, -0.05) is 15.9 Å². The summed E-state index contributed by atoms with van der Waals surface area (Å²) >= 11 is 5.22. The minimum absolute atomic E-state index is 0.177. The molecule has 2 aromatic heterocycles. The maximum atomic E-state index is 5.92. The van der Waals surface area contributed by atoms with E-state index in [1.165, 1.54) is 5.56 Å². The Hall–Kier alpha value is -1.10. The largest absolute Gasteiger partial charge is 0.459 e. The van der Waals surface area contributed by atoms with Crippen LogP contribution in [0.4, 0.5) is 0 Å². The Morgan fingerprint density at radius 2 is 2.00 bits per heavy atom. The summed E-state index contributed by atoms with van der Waals surface area (Å²) in [6.45, 7) is 4.31. The zero-order valence-electron chi connectivity index (χ0n) is 11.4. The molecule has 0 spiro atoms. The molecule has 4 heteroatoms. The summed E-state index contributed by atoms with van der Waals surface area (Å²) in [6, 6.07) is 10.8. The van der Waals surface area contributed by atoms with Gasteiger partial charge in [-0.15, -0.1) is 0 Å². The molecule has 2 heterocycles. The number of furan rings is 1. The smallest absolute Gasteiger partial charge is 0.134 e.